The zero-order valence-electron chi connectivity index (χ0n) is 9.81. The van der Waals surface area contributed by atoms with Crippen LogP contribution < -0.4 is 11.2 Å². The van der Waals surface area contributed by atoms with Crippen LogP contribution >= 0.6 is 11.6 Å². The van der Waals surface area contributed by atoms with Crippen molar-refractivity contribution in [3.63, 3.8) is 0 Å². The normalized spacial score (nSPS) is 9.94. The minimum absolute atomic E-state index is 0. The Morgan fingerprint density at radius 2 is 1.94 bits per heavy atom. The van der Waals surface area contributed by atoms with Gasteiger partial charge in [0.25, 0.3) is 0 Å². The van der Waals surface area contributed by atoms with Crippen LogP contribution in [-0.4, -0.2) is 9.13 Å². The number of aryl methyl sites for hydroxylation is 1. The smallest absolute Gasteiger partial charge is 0.301 e. The third kappa shape index (κ3) is 2.65. The average Bonchev–Trinajstić information content (AvgIpc) is 2.29. The van der Waals surface area contributed by atoms with E-state index in [9.17, 15) is 9.59 Å². The predicted octanol–water partition coefficient (Wildman–Crippen LogP) is 1.30. The van der Waals surface area contributed by atoms with Gasteiger partial charge in [-0.1, -0.05) is 10.7 Å². The Bertz CT molecular complexity index is 674. The van der Waals surface area contributed by atoms with Crippen molar-refractivity contribution < 1.29 is 21.1 Å². The molecular formula is C12H10ClN2O2W-. The fourth-order valence-corrected chi connectivity index (χ4v) is 1.63. The average molecular weight is 434 g/mol. The molecule has 0 radical (unpaired) electrons. The summed E-state index contributed by atoms with van der Waals surface area (Å²) in [5.41, 5.74) is 0.334. The summed E-state index contributed by atoms with van der Waals surface area (Å²) in [5, 5.41) is 0.436. The number of nitrogens with zero attached hydrogens (tertiary/aromatic N) is 2. The second kappa shape index (κ2) is 5.68. The number of hydrogen-bond donors (Lipinski definition) is 0. The fraction of sp³-hybridized carbons (Fsp3) is 0.167. The molecule has 2 aromatic rings. The molecule has 2 rings (SSSR count). The molecule has 0 atom stereocenters. The first-order chi connectivity index (χ1) is 8.00. The quantitative estimate of drug-likeness (QED) is 0.637. The van der Waals surface area contributed by atoms with Crippen LogP contribution in [0, 0.1) is 13.0 Å². The summed E-state index contributed by atoms with van der Waals surface area (Å²) < 4.78 is 2.50. The number of aromatic nitrogens is 2. The van der Waals surface area contributed by atoms with Gasteiger partial charge in [0.05, 0.1) is 0 Å². The zero-order chi connectivity index (χ0) is 12.6. The van der Waals surface area contributed by atoms with Crippen LogP contribution in [0.15, 0.2) is 33.9 Å². The molecule has 0 aliphatic heterocycles. The molecule has 1 aromatic heterocycles. The molecule has 0 spiro atoms. The zero-order valence-corrected chi connectivity index (χ0v) is 13.5. The Balaban J connectivity index is 0.00000162. The molecule has 94 valence electrons. The van der Waals surface area contributed by atoms with Crippen molar-refractivity contribution in [1.82, 2.24) is 9.13 Å². The fourth-order valence-electron chi connectivity index (χ4n) is 1.51. The molecule has 0 saturated heterocycles. The van der Waals surface area contributed by atoms with Gasteiger partial charge in [-0.15, -0.1) is 17.7 Å². The van der Waals surface area contributed by atoms with E-state index >= 15 is 0 Å². The van der Waals surface area contributed by atoms with Crippen LogP contribution in [0.25, 0.3) is 5.69 Å². The molecule has 0 bridgehead atoms. The van der Waals surface area contributed by atoms with Crippen LogP contribution in [0.5, 0.6) is 0 Å². The van der Waals surface area contributed by atoms with Gasteiger partial charge in [-0.3, -0.25) is 9.36 Å². The third-order valence-electron chi connectivity index (χ3n) is 2.58. The minimum atomic E-state index is -0.384. The van der Waals surface area contributed by atoms with Gasteiger partial charge in [0.2, 0.25) is 5.56 Å². The summed E-state index contributed by atoms with van der Waals surface area (Å²) in [4.78, 5) is 23.8. The van der Waals surface area contributed by atoms with E-state index in [1.54, 1.807) is 26.1 Å². The molecule has 0 fully saturated rings. The Kier molecular flexibility index (Phi) is 4.71. The molecule has 0 N–H and O–H groups in total. The van der Waals surface area contributed by atoms with Crippen molar-refractivity contribution in [3.8, 4) is 5.69 Å². The summed E-state index contributed by atoms with van der Waals surface area (Å²) in [6.45, 7) is 1.71. The summed E-state index contributed by atoms with van der Waals surface area (Å²) in [5.74, 6) is 0. The molecule has 0 saturated carbocycles. The monoisotopic (exact) mass is 433 g/mol. The van der Waals surface area contributed by atoms with E-state index in [4.69, 9.17) is 11.6 Å². The third-order valence-corrected chi connectivity index (χ3v) is 2.81. The van der Waals surface area contributed by atoms with Gasteiger partial charge in [-0.2, -0.15) is 18.2 Å². The van der Waals surface area contributed by atoms with E-state index in [0.29, 0.717) is 16.4 Å². The summed E-state index contributed by atoms with van der Waals surface area (Å²) in [6, 6.07) is 8.87. The first-order valence-corrected chi connectivity index (χ1v) is 5.36. The maximum Gasteiger partial charge on any atom is 0.324 e. The van der Waals surface area contributed by atoms with Crippen molar-refractivity contribution >= 4 is 11.6 Å². The Labute approximate surface area is 123 Å². The van der Waals surface area contributed by atoms with Gasteiger partial charge in [-0.25, -0.2) is 4.79 Å². The van der Waals surface area contributed by atoms with E-state index in [2.05, 4.69) is 6.07 Å². The van der Waals surface area contributed by atoms with Gasteiger partial charge in [0, 0.05) is 39.9 Å². The van der Waals surface area contributed by atoms with Crippen LogP contribution in [0.4, 0.5) is 0 Å². The number of halogens is 1. The molecular weight excluding hydrogens is 423 g/mol. The van der Waals surface area contributed by atoms with E-state index in [1.165, 1.54) is 16.7 Å². The second-order valence-electron chi connectivity index (χ2n) is 3.70. The van der Waals surface area contributed by atoms with Crippen molar-refractivity contribution in [1.29, 1.82) is 0 Å². The van der Waals surface area contributed by atoms with E-state index in [-0.39, 0.29) is 32.3 Å². The minimum Gasteiger partial charge on any atom is -0.301 e. The summed E-state index contributed by atoms with van der Waals surface area (Å²) >= 11 is 5.71. The van der Waals surface area contributed by atoms with Crippen LogP contribution in [-0.2, 0) is 28.1 Å². The Hall–Kier alpha value is -1.12. The van der Waals surface area contributed by atoms with E-state index < -0.39 is 0 Å². The second-order valence-corrected chi connectivity index (χ2v) is 4.10. The topological polar surface area (TPSA) is 44.0 Å². The van der Waals surface area contributed by atoms with E-state index in [1.807, 2.05) is 0 Å². The van der Waals surface area contributed by atoms with Crippen molar-refractivity contribution in [2.45, 2.75) is 6.92 Å². The van der Waals surface area contributed by atoms with Crippen molar-refractivity contribution in [2.24, 2.45) is 7.05 Å². The SMILES string of the molecule is Cc1cc(=O)n(-c2c[c-]c(Cl)cc2)c(=O)n1C.[W]. The first kappa shape index (κ1) is 14.9. The molecule has 1 heterocycles. The molecule has 18 heavy (non-hydrogen) atoms. The van der Waals surface area contributed by atoms with Crippen LogP contribution in [0.2, 0.25) is 5.02 Å². The number of hydrogen-bond acceptors (Lipinski definition) is 2. The molecule has 0 aliphatic carbocycles. The molecule has 6 heteroatoms. The molecule has 4 nitrogen and oxygen atoms in total. The molecule has 0 unspecified atom stereocenters. The van der Waals surface area contributed by atoms with Gasteiger partial charge < -0.3 is 4.57 Å². The van der Waals surface area contributed by atoms with Gasteiger partial charge in [0.1, 0.15) is 0 Å². The van der Waals surface area contributed by atoms with Crippen LogP contribution in [0.3, 0.4) is 0 Å². The van der Waals surface area contributed by atoms with E-state index in [0.717, 1.165) is 4.57 Å². The van der Waals surface area contributed by atoms with Crippen LogP contribution in [0.1, 0.15) is 5.69 Å². The predicted molar refractivity (Wildman–Crippen MR) is 65.9 cm³/mol. The molecule has 0 amide bonds. The molecule has 0 aliphatic rings. The molecule has 1 aromatic carbocycles. The van der Waals surface area contributed by atoms with Gasteiger partial charge >= 0.3 is 5.69 Å². The largest absolute Gasteiger partial charge is 0.324 e. The van der Waals surface area contributed by atoms with Crippen molar-refractivity contribution in [3.05, 3.63) is 61.9 Å². The number of benzene rings is 1. The van der Waals surface area contributed by atoms with Gasteiger partial charge in [0.15, 0.2) is 0 Å². The Morgan fingerprint density at radius 1 is 1.28 bits per heavy atom. The summed E-state index contributed by atoms with van der Waals surface area (Å²) in [6.07, 6.45) is 0. The standard InChI is InChI=1S/C12H10ClN2O2.W/c1-8-7-11(16)15(12(17)14(8)2)10-5-3-9(13)4-6-10;/h3,5-7H,1-2H3;/q-1;. The maximum absolute atomic E-state index is 12.0. The van der Waals surface area contributed by atoms with Gasteiger partial charge in [-0.05, 0) is 6.92 Å². The number of rotatable bonds is 1. The van der Waals surface area contributed by atoms with Crippen molar-refractivity contribution in [2.75, 3.05) is 0 Å². The maximum atomic E-state index is 12.0. The first-order valence-electron chi connectivity index (χ1n) is 4.98. The summed E-state index contributed by atoms with van der Waals surface area (Å²) in [7, 11) is 1.62. The Morgan fingerprint density at radius 3 is 2.50 bits per heavy atom.